The predicted octanol–water partition coefficient (Wildman–Crippen LogP) is 5.48. The van der Waals surface area contributed by atoms with Gasteiger partial charge < -0.3 is 15.4 Å². The van der Waals surface area contributed by atoms with Crippen LogP contribution in [-0.4, -0.2) is 24.4 Å². The molecule has 172 valence electrons. The summed E-state index contributed by atoms with van der Waals surface area (Å²) in [6, 6.07) is 22.4. The molecule has 0 aliphatic rings. The standard InChI is InChI=1S/C27H23ClN2O4/c1-2-34-27(33)20-15-17-21(18-16-20)29-26(32)24(14-8-11-19-9-4-3-5-10-19)30-25(31)22-12-6-7-13-23(22)28/h3-18H,2H2,1H3,(H,29,32)(H,30,31)/b11-8?,24-14-. The van der Waals surface area contributed by atoms with Crippen molar-refractivity contribution in [1.82, 2.24) is 5.32 Å². The Kier molecular flexibility index (Phi) is 8.77. The third kappa shape index (κ3) is 6.92. The summed E-state index contributed by atoms with van der Waals surface area (Å²) >= 11 is 6.13. The van der Waals surface area contributed by atoms with E-state index in [-0.39, 0.29) is 22.9 Å². The van der Waals surface area contributed by atoms with Crippen molar-refractivity contribution in [2.24, 2.45) is 0 Å². The van der Waals surface area contributed by atoms with Crippen LogP contribution in [0, 0.1) is 0 Å². The van der Waals surface area contributed by atoms with E-state index in [2.05, 4.69) is 10.6 Å². The summed E-state index contributed by atoms with van der Waals surface area (Å²) in [7, 11) is 0. The van der Waals surface area contributed by atoms with Crippen LogP contribution in [0.4, 0.5) is 5.69 Å². The molecule has 2 N–H and O–H groups in total. The van der Waals surface area contributed by atoms with Crippen LogP contribution >= 0.6 is 11.6 Å². The smallest absolute Gasteiger partial charge is 0.338 e. The predicted molar refractivity (Wildman–Crippen MR) is 134 cm³/mol. The summed E-state index contributed by atoms with van der Waals surface area (Å²) in [5, 5.41) is 5.62. The van der Waals surface area contributed by atoms with E-state index in [1.807, 2.05) is 36.4 Å². The maximum Gasteiger partial charge on any atom is 0.338 e. The molecule has 34 heavy (non-hydrogen) atoms. The molecule has 0 spiro atoms. The topological polar surface area (TPSA) is 84.5 Å². The Morgan fingerprint density at radius 3 is 2.26 bits per heavy atom. The second-order valence-corrected chi connectivity index (χ2v) is 7.44. The van der Waals surface area contributed by atoms with Crippen LogP contribution < -0.4 is 10.6 Å². The monoisotopic (exact) mass is 474 g/mol. The zero-order valence-electron chi connectivity index (χ0n) is 18.5. The van der Waals surface area contributed by atoms with Gasteiger partial charge in [0.15, 0.2) is 0 Å². The lowest BCUT2D eigenvalue weighted by Crippen LogP contribution is -2.31. The Balaban J connectivity index is 1.80. The molecular weight excluding hydrogens is 452 g/mol. The molecule has 0 saturated heterocycles. The first-order chi connectivity index (χ1) is 16.5. The van der Waals surface area contributed by atoms with Gasteiger partial charge in [-0.1, -0.05) is 66.2 Å². The van der Waals surface area contributed by atoms with Crippen molar-refractivity contribution in [1.29, 1.82) is 0 Å². The van der Waals surface area contributed by atoms with Gasteiger partial charge in [0.05, 0.1) is 22.8 Å². The summed E-state index contributed by atoms with van der Waals surface area (Å²) in [6.45, 7) is 2.00. The van der Waals surface area contributed by atoms with Crippen LogP contribution in [0.15, 0.2) is 96.7 Å². The van der Waals surface area contributed by atoms with Crippen LogP contribution in [-0.2, 0) is 9.53 Å². The van der Waals surface area contributed by atoms with Gasteiger partial charge in [0.25, 0.3) is 11.8 Å². The molecule has 0 atom stereocenters. The molecule has 3 rings (SSSR count). The first-order valence-corrected chi connectivity index (χ1v) is 10.9. The number of rotatable bonds is 8. The van der Waals surface area contributed by atoms with Crippen molar-refractivity contribution in [2.75, 3.05) is 11.9 Å². The highest BCUT2D eigenvalue weighted by Crippen LogP contribution is 2.16. The lowest BCUT2D eigenvalue weighted by Gasteiger charge is -2.11. The number of ether oxygens (including phenoxy) is 1. The van der Waals surface area contributed by atoms with E-state index in [4.69, 9.17) is 16.3 Å². The largest absolute Gasteiger partial charge is 0.462 e. The van der Waals surface area contributed by atoms with Crippen LogP contribution in [0.2, 0.25) is 5.02 Å². The fraction of sp³-hybridized carbons (Fsp3) is 0.0741. The van der Waals surface area contributed by atoms with Gasteiger partial charge in [-0.05, 0) is 55.0 Å². The van der Waals surface area contributed by atoms with E-state index in [1.165, 1.54) is 6.08 Å². The molecule has 2 amide bonds. The number of halogens is 1. The Morgan fingerprint density at radius 2 is 1.59 bits per heavy atom. The Bertz CT molecular complexity index is 1220. The number of carbonyl (C=O) groups is 3. The molecule has 0 bridgehead atoms. The van der Waals surface area contributed by atoms with Gasteiger partial charge in [-0.2, -0.15) is 0 Å². The summed E-state index contributed by atoms with van der Waals surface area (Å²) in [5.41, 5.74) is 2.02. The lowest BCUT2D eigenvalue weighted by molar-refractivity contribution is -0.113. The molecule has 0 aliphatic carbocycles. The van der Waals surface area contributed by atoms with Crippen molar-refractivity contribution in [2.45, 2.75) is 6.92 Å². The Hall–Kier alpha value is -4.16. The van der Waals surface area contributed by atoms with E-state index in [1.54, 1.807) is 61.5 Å². The minimum absolute atomic E-state index is 0.0200. The molecule has 0 unspecified atom stereocenters. The van der Waals surface area contributed by atoms with E-state index < -0.39 is 17.8 Å². The molecule has 0 fully saturated rings. The van der Waals surface area contributed by atoms with Crippen molar-refractivity contribution in [3.8, 4) is 0 Å². The van der Waals surface area contributed by atoms with Crippen molar-refractivity contribution in [3.63, 3.8) is 0 Å². The lowest BCUT2D eigenvalue weighted by atomic mass is 10.2. The Labute approximate surface area is 202 Å². The average molecular weight is 475 g/mol. The second-order valence-electron chi connectivity index (χ2n) is 7.04. The molecule has 0 aromatic heterocycles. The van der Waals surface area contributed by atoms with E-state index in [0.29, 0.717) is 11.3 Å². The summed E-state index contributed by atoms with van der Waals surface area (Å²) < 4.78 is 4.96. The summed E-state index contributed by atoms with van der Waals surface area (Å²) in [5.74, 6) is -1.50. The number of hydrogen-bond donors (Lipinski definition) is 2. The van der Waals surface area contributed by atoms with Gasteiger partial charge in [-0.3, -0.25) is 9.59 Å². The second kappa shape index (κ2) is 12.2. The highest BCUT2D eigenvalue weighted by molar-refractivity contribution is 6.34. The zero-order chi connectivity index (χ0) is 24.3. The molecule has 3 aromatic rings. The first-order valence-electron chi connectivity index (χ1n) is 10.6. The molecule has 0 saturated carbocycles. The van der Waals surface area contributed by atoms with Gasteiger partial charge in [0, 0.05) is 5.69 Å². The Morgan fingerprint density at radius 1 is 0.912 bits per heavy atom. The third-order valence-corrected chi connectivity index (χ3v) is 4.95. The minimum atomic E-state index is -0.540. The van der Waals surface area contributed by atoms with E-state index in [0.717, 1.165) is 5.56 Å². The van der Waals surface area contributed by atoms with E-state index >= 15 is 0 Å². The van der Waals surface area contributed by atoms with Crippen LogP contribution in [0.25, 0.3) is 6.08 Å². The van der Waals surface area contributed by atoms with Crippen LogP contribution in [0.1, 0.15) is 33.2 Å². The van der Waals surface area contributed by atoms with Gasteiger partial charge in [-0.15, -0.1) is 0 Å². The number of carbonyl (C=O) groups excluding carboxylic acids is 3. The normalized spacial score (nSPS) is 11.2. The van der Waals surface area contributed by atoms with Crippen LogP contribution in [0.3, 0.4) is 0 Å². The van der Waals surface area contributed by atoms with Crippen LogP contribution in [0.5, 0.6) is 0 Å². The number of nitrogens with one attached hydrogen (secondary N) is 2. The molecule has 7 heteroatoms. The van der Waals surface area contributed by atoms with E-state index in [9.17, 15) is 14.4 Å². The van der Waals surface area contributed by atoms with Gasteiger partial charge in [0.2, 0.25) is 0 Å². The minimum Gasteiger partial charge on any atom is -0.462 e. The molecular formula is C27H23ClN2O4. The maximum absolute atomic E-state index is 13.0. The number of hydrogen-bond acceptors (Lipinski definition) is 4. The fourth-order valence-electron chi connectivity index (χ4n) is 2.93. The number of benzene rings is 3. The number of anilines is 1. The van der Waals surface area contributed by atoms with Crippen molar-refractivity contribution in [3.05, 3.63) is 118 Å². The number of esters is 1. The molecule has 0 aliphatic heterocycles. The van der Waals surface area contributed by atoms with Gasteiger partial charge in [0.1, 0.15) is 5.70 Å². The third-order valence-electron chi connectivity index (χ3n) is 4.62. The van der Waals surface area contributed by atoms with Crippen molar-refractivity contribution >= 4 is 41.1 Å². The summed E-state index contributed by atoms with van der Waals surface area (Å²) in [4.78, 5) is 37.6. The molecule has 0 heterocycles. The average Bonchev–Trinajstić information content (AvgIpc) is 2.85. The number of allylic oxidation sites excluding steroid dienone is 2. The first kappa shape index (κ1) is 24.5. The van der Waals surface area contributed by atoms with Gasteiger partial charge in [-0.25, -0.2) is 4.79 Å². The van der Waals surface area contributed by atoms with Crippen molar-refractivity contribution < 1.29 is 19.1 Å². The van der Waals surface area contributed by atoms with Gasteiger partial charge >= 0.3 is 5.97 Å². The number of amides is 2. The zero-order valence-corrected chi connectivity index (χ0v) is 19.2. The maximum atomic E-state index is 13.0. The fourth-order valence-corrected chi connectivity index (χ4v) is 3.15. The SMILES string of the molecule is CCOC(=O)c1ccc(NC(=O)/C(=C/C=Cc2ccccc2)NC(=O)c2ccccc2Cl)cc1. The highest BCUT2D eigenvalue weighted by Gasteiger charge is 2.16. The molecule has 6 nitrogen and oxygen atoms in total. The highest BCUT2D eigenvalue weighted by atomic mass is 35.5. The summed E-state index contributed by atoms with van der Waals surface area (Å²) in [6.07, 6.45) is 4.98. The molecule has 0 radical (unpaired) electrons. The quantitative estimate of drug-likeness (QED) is 0.257. The molecule has 3 aromatic carbocycles.